The zero-order chi connectivity index (χ0) is 12.1. The Hall–Kier alpha value is -0.0400. The molecule has 0 heterocycles. The van der Waals surface area contributed by atoms with Crippen LogP contribution in [-0.4, -0.2) is 11.6 Å². The third-order valence-electron chi connectivity index (χ3n) is 3.42. The molecule has 0 rings (SSSR count). The first-order valence-corrected chi connectivity index (χ1v) is 6.63. The van der Waals surface area contributed by atoms with Crippen molar-refractivity contribution in [2.75, 3.05) is 0 Å². The molecule has 0 aromatic carbocycles. The minimum atomic E-state index is 0.238. The molecule has 0 aromatic heterocycles. The quantitative estimate of drug-likeness (QED) is 0.696. The second-order valence-corrected chi connectivity index (χ2v) is 5.87. The maximum atomic E-state index is 3.77. The van der Waals surface area contributed by atoms with Crippen LogP contribution in [0.1, 0.15) is 67.7 Å². The van der Waals surface area contributed by atoms with Gasteiger partial charge in [-0.25, -0.2) is 0 Å². The average Bonchev–Trinajstić information content (AvgIpc) is 2.15. The SMILES string of the molecule is CCC(C)C(CC)C(CC)NC(C)(C)C. The summed E-state index contributed by atoms with van der Waals surface area (Å²) in [4.78, 5) is 0. The summed E-state index contributed by atoms with van der Waals surface area (Å²) in [5, 5.41) is 3.77. The fraction of sp³-hybridized carbons (Fsp3) is 1.00. The maximum absolute atomic E-state index is 3.77. The highest BCUT2D eigenvalue weighted by atomic mass is 15.0. The monoisotopic (exact) mass is 213 g/mol. The van der Waals surface area contributed by atoms with E-state index in [2.05, 4.69) is 53.8 Å². The molecule has 3 unspecified atom stereocenters. The fourth-order valence-corrected chi connectivity index (χ4v) is 2.45. The molecule has 0 spiro atoms. The molecular weight excluding hydrogens is 182 g/mol. The van der Waals surface area contributed by atoms with Gasteiger partial charge in [0.1, 0.15) is 0 Å². The van der Waals surface area contributed by atoms with Crippen LogP contribution in [0.15, 0.2) is 0 Å². The summed E-state index contributed by atoms with van der Waals surface area (Å²) in [6, 6.07) is 0.671. The standard InChI is InChI=1S/C14H31N/c1-8-11(4)12(9-2)13(10-3)15-14(5,6)7/h11-13,15H,8-10H2,1-7H3. The molecule has 3 atom stereocenters. The van der Waals surface area contributed by atoms with Crippen molar-refractivity contribution in [3.05, 3.63) is 0 Å². The van der Waals surface area contributed by atoms with Gasteiger partial charge in [0.2, 0.25) is 0 Å². The van der Waals surface area contributed by atoms with Gasteiger partial charge in [0.05, 0.1) is 0 Å². The molecule has 0 aromatic rings. The Morgan fingerprint density at radius 2 is 1.47 bits per heavy atom. The summed E-state index contributed by atoms with van der Waals surface area (Å²) in [6.45, 7) is 16.1. The Morgan fingerprint density at radius 1 is 0.933 bits per heavy atom. The Bertz CT molecular complexity index is 157. The van der Waals surface area contributed by atoms with Gasteiger partial charge in [-0.15, -0.1) is 0 Å². The van der Waals surface area contributed by atoms with Gasteiger partial charge in [-0.2, -0.15) is 0 Å². The molecule has 0 saturated heterocycles. The van der Waals surface area contributed by atoms with Crippen molar-refractivity contribution in [2.24, 2.45) is 11.8 Å². The third-order valence-corrected chi connectivity index (χ3v) is 3.42. The number of hydrogen-bond donors (Lipinski definition) is 1. The first-order valence-electron chi connectivity index (χ1n) is 6.63. The zero-order valence-corrected chi connectivity index (χ0v) is 11.9. The molecule has 1 heteroatoms. The average molecular weight is 213 g/mol. The minimum Gasteiger partial charge on any atom is -0.309 e. The molecular formula is C14H31N. The predicted molar refractivity (Wildman–Crippen MR) is 70.2 cm³/mol. The second kappa shape index (κ2) is 6.52. The van der Waals surface area contributed by atoms with Gasteiger partial charge in [-0.05, 0) is 39.0 Å². The van der Waals surface area contributed by atoms with E-state index in [0.29, 0.717) is 6.04 Å². The van der Waals surface area contributed by atoms with Gasteiger partial charge in [0, 0.05) is 11.6 Å². The van der Waals surface area contributed by atoms with E-state index in [0.717, 1.165) is 11.8 Å². The topological polar surface area (TPSA) is 12.0 Å². The number of nitrogens with one attached hydrogen (secondary N) is 1. The molecule has 0 fully saturated rings. The van der Waals surface area contributed by atoms with Gasteiger partial charge >= 0.3 is 0 Å². The van der Waals surface area contributed by atoms with Gasteiger partial charge in [0.25, 0.3) is 0 Å². The molecule has 92 valence electrons. The Kier molecular flexibility index (Phi) is 6.51. The lowest BCUT2D eigenvalue weighted by Gasteiger charge is -2.36. The van der Waals surface area contributed by atoms with E-state index in [1.807, 2.05) is 0 Å². The van der Waals surface area contributed by atoms with Crippen LogP contribution in [0.3, 0.4) is 0 Å². The second-order valence-electron chi connectivity index (χ2n) is 5.87. The van der Waals surface area contributed by atoms with E-state index in [1.165, 1.54) is 19.3 Å². The van der Waals surface area contributed by atoms with Gasteiger partial charge in [-0.3, -0.25) is 0 Å². The number of hydrogen-bond acceptors (Lipinski definition) is 1. The van der Waals surface area contributed by atoms with E-state index >= 15 is 0 Å². The third kappa shape index (κ3) is 5.55. The zero-order valence-electron chi connectivity index (χ0n) is 11.9. The molecule has 0 aliphatic carbocycles. The van der Waals surface area contributed by atoms with Crippen LogP contribution < -0.4 is 5.32 Å². The van der Waals surface area contributed by atoms with Gasteiger partial charge in [0.15, 0.2) is 0 Å². The van der Waals surface area contributed by atoms with E-state index < -0.39 is 0 Å². The van der Waals surface area contributed by atoms with Crippen molar-refractivity contribution in [2.45, 2.75) is 79.3 Å². The van der Waals surface area contributed by atoms with Crippen LogP contribution in [0.2, 0.25) is 0 Å². The van der Waals surface area contributed by atoms with Gasteiger partial charge in [-0.1, -0.05) is 40.5 Å². The Labute approximate surface area is 97.0 Å². The smallest absolute Gasteiger partial charge is 0.00999 e. The predicted octanol–water partition coefficient (Wildman–Crippen LogP) is 4.23. The molecule has 0 saturated carbocycles. The fourth-order valence-electron chi connectivity index (χ4n) is 2.45. The lowest BCUT2D eigenvalue weighted by atomic mass is 9.81. The molecule has 0 radical (unpaired) electrons. The highest BCUT2D eigenvalue weighted by Gasteiger charge is 2.26. The van der Waals surface area contributed by atoms with Gasteiger partial charge < -0.3 is 5.32 Å². The van der Waals surface area contributed by atoms with Crippen LogP contribution in [0, 0.1) is 11.8 Å². The van der Waals surface area contributed by atoms with Crippen LogP contribution in [0.25, 0.3) is 0 Å². The van der Waals surface area contributed by atoms with Crippen LogP contribution in [0.4, 0.5) is 0 Å². The summed E-state index contributed by atoms with van der Waals surface area (Å²) >= 11 is 0. The van der Waals surface area contributed by atoms with Crippen molar-refractivity contribution in [3.63, 3.8) is 0 Å². The molecule has 1 N–H and O–H groups in total. The molecule has 15 heavy (non-hydrogen) atoms. The van der Waals surface area contributed by atoms with E-state index in [-0.39, 0.29) is 5.54 Å². The van der Waals surface area contributed by atoms with Crippen LogP contribution in [-0.2, 0) is 0 Å². The van der Waals surface area contributed by atoms with Crippen molar-refractivity contribution < 1.29 is 0 Å². The van der Waals surface area contributed by atoms with E-state index in [4.69, 9.17) is 0 Å². The maximum Gasteiger partial charge on any atom is 0.00999 e. The Morgan fingerprint density at radius 3 is 1.73 bits per heavy atom. The van der Waals surface area contributed by atoms with Crippen molar-refractivity contribution in [3.8, 4) is 0 Å². The molecule has 0 bridgehead atoms. The molecule has 1 nitrogen and oxygen atoms in total. The lowest BCUT2D eigenvalue weighted by molar-refractivity contribution is 0.207. The number of rotatable bonds is 6. The van der Waals surface area contributed by atoms with Crippen molar-refractivity contribution >= 4 is 0 Å². The van der Waals surface area contributed by atoms with Crippen LogP contribution in [0.5, 0.6) is 0 Å². The summed E-state index contributed by atoms with van der Waals surface area (Å²) < 4.78 is 0. The Balaban J connectivity index is 4.47. The first kappa shape index (κ1) is 15.0. The highest BCUT2D eigenvalue weighted by molar-refractivity contribution is 4.83. The van der Waals surface area contributed by atoms with E-state index in [9.17, 15) is 0 Å². The summed E-state index contributed by atoms with van der Waals surface area (Å²) in [5.74, 6) is 1.65. The normalized spacial score (nSPS) is 18.6. The largest absolute Gasteiger partial charge is 0.309 e. The van der Waals surface area contributed by atoms with Crippen LogP contribution >= 0.6 is 0 Å². The summed E-state index contributed by atoms with van der Waals surface area (Å²) in [6.07, 6.45) is 3.82. The first-order chi connectivity index (χ1) is 6.85. The summed E-state index contributed by atoms with van der Waals surface area (Å²) in [7, 11) is 0. The lowest BCUT2D eigenvalue weighted by Crippen LogP contribution is -2.48. The molecule has 0 aliphatic rings. The minimum absolute atomic E-state index is 0.238. The summed E-state index contributed by atoms with van der Waals surface area (Å²) in [5.41, 5.74) is 0.238. The van der Waals surface area contributed by atoms with E-state index in [1.54, 1.807) is 0 Å². The highest BCUT2D eigenvalue weighted by Crippen LogP contribution is 2.25. The van der Waals surface area contributed by atoms with Crippen molar-refractivity contribution in [1.29, 1.82) is 0 Å². The molecule has 0 amide bonds. The van der Waals surface area contributed by atoms with Crippen molar-refractivity contribution in [1.82, 2.24) is 5.32 Å². The molecule has 0 aliphatic heterocycles.